The molecule has 3 aliphatic rings. The molecule has 5 rings (SSSR count). The molecule has 1 atom stereocenters. The Morgan fingerprint density at radius 1 is 1.38 bits per heavy atom. The van der Waals surface area contributed by atoms with Gasteiger partial charge in [-0.1, -0.05) is 0 Å². The summed E-state index contributed by atoms with van der Waals surface area (Å²) in [5.41, 5.74) is 1.11. The number of piperidine rings is 3. The summed E-state index contributed by atoms with van der Waals surface area (Å²) in [6, 6.07) is 4.40. The summed E-state index contributed by atoms with van der Waals surface area (Å²) in [7, 11) is 0. The van der Waals surface area contributed by atoms with E-state index < -0.39 is 0 Å². The first-order valence-electron chi connectivity index (χ1n) is 7.60. The molecule has 0 radical (unpaired) electrons. The molecule has 1 aromatic carbocycles. The molecule has 0 aliphatic carbocycles. The van der Waals surface area contributed by atoms with Crippen LogP contribution in [0.1, 0.15) is 29.8 Å². The molecular formula is C16H18FN3O. The van der Waals surface area contributed by atoms with E-state index in [0.717, 1.165) is 6.54 Å². The summed E-state index contributed by atoms with van der Waals surface area (Å²) in [6.45, 7) is 3.37. The van der Waals surface area contributed by atoms with Crippen molar-refractivity contribution >= 4 is 16.7 Å². The van der Waals surface area contributed by atoms with E-state index in [4.69, 9.17) is 0 Å². The van der Waals surface area contributed by atoms with Crippen LogP contribution in [0.25, 0.3) is 10.9 Å². The maximum atomic E-state index is 13.4. The third-order valence-corrected chi connectivity index (χ3v) is 5.03. The van der Waals surface area contributed by atoms with Gasteiger partial charge in [0, 0.05) is 18.4 Å². The number of aromatic nitrogens is 2. The van der Waals surface area contributed by atoms with Crippen molar-refractivity contribution in [2.75, 3.05) is 19.6 Å². The zero-order valence-corrected chi connectivity index (χ0v) is 11.8. The molecule has 110 valence electrons. The Labute approximate surface area is 122 Å². The molecule has 21 heavy (non-hydrogen) atoms. The van der Waals surface area contributed by atoms with Crippen molar-refractivity contribution in [3.8, 4) is 0 Å². The highest BCUT2D eigenvalue weighted by Gasteiger charge is 2.35. The number of fused-ring (bicyclic) bond motifs is 4. The minimum Gasteiger partial charge on any atom is -0.303 e. The molecule has 4 heterocycles. The zero-order chi connectivity index (χ0) is 14.4. The maximum Gasteiger partial charge on any atom is 0.184 e. The topological polar surface area (TPSA) is 49.0 Å². The van der Waals surface area contributed by atoms with Crippen LogP contribution in [0.5, 0.6) is 0 Å². The van der Waals surface area contributed by atoms with Crippen LogP contribution in [-0.4, -0.2) is 40.5 Å². The van der Waals surface area contributed by atoms with E-state index in [1.807, 2.05) is 0 Å². The summed E-state index contributed by atoms with van der Waals surface area (Å²) in [5.74, 6) is 0.799. The van der Waals surface area contributed by atoms with Crippen molar-refractivity contribution in [3.63, 3.8) is 0 Å². The van der Waals surface area contributed by atoms with Gasteiger partial charge in [0.15, 0.2) is 5.78 Å². The summed E-state index contributed by atoms with van der Waals surface area (Å²) < 4.78 is 13.4. The van der Waals surface area contributed by atoms with Gasteiger partial charge in [-0.25, -0.2) is 4.39 Å². The van der Waals surface area contributed by atoms with Gasteiger partial charge in [-0.05, 0) is 56.0 Å². The summed E-state index contributed by atoms with van der Waals surface area (Å²) >= 11 is 0. The Balaban J connectivity index is 1.57. The van der Waals surface area contributed by atoms with Crippen LogP contribution in [0.15, 0.2) is 18.2 Å². The van der Waals surface area contributed by atoms with Crippen LogP contribution in [-0.2, 0) is 0 Å². The van der Waals surface area contributed by atoms with Crippen molar-refractivity contribution in [3.05, 3.63) is 29.7 Å². The Kier molecular flexibility index (Phi) is 3.03. The highest BCUT2D eigenvalue weighted by atomic mass is 19.1. The predicted octanol–water partition coefficient (Wildman–Crippen LogP) is 2.62. The third kappa shape index (κ3) is 2.25. The second-order valence-corrected chi connectivity index (χ2v) is 6.29. The number of carbonyl (C=O) groups excluding carboxylic acids is 1. The average molecular weight is 287 g/mol. The molecule has 3 saturated heterocycles. The molecule has 5 heteroatoms. The fourth-order valence-electron chi connectivity index (χ4n) is 3.85. The number of ketones is 1. The van der Waals surface area contributed by atoms with Gasteiger partial charge in [-0.2, -0.15) is 5.10 Å². The quantitative estimate of drug-likeness (QED) is 0.883. The molecule has 0 amide bonds. The molecule has 2 bridgehead atoms. The highest BCUT2D eigenvalue weighted by molar-refractivity contribution is 6.05. The van der Waals surface area contributed by atoms with Crippen LogP contribution < -0.4 is 0 Å². The van der Waals surface area contributed by atoms with Gasteiger partial charge in [0.1, 0.15) is 11.5 Å². The lowest BCUT2D eigenvalue weighted by Crippen LogP contribution is -2.47. The van der Waals surface area contributed by atoms with Gasteiger partial charge < -0.3 is 4.90 Å². The standard InChI is InChI=1S/C16H18FN3O/c17-12-1-2-14-13(8-12)16(19-18-14)15(21)7-11-9-20-5-3-10(11)4-6-20/h1-2,8,10-11H,3-7,9H2,(H,18,19)/t11-/m0/s1. The number of rotatable bonds is 3. The number of hydrogen-bond donors (Lipinski definition) is 1. The van der Waals surface area contributed by atoms with Gasteiger partial charge >= 0.3 is 0 Å². The molecular weight excluding hydrogens is 269 g/mol. The van der Waals surface area contributed by atoms with Gasteiger partial charge in [0.2, 0.25) is 0 Å². The lowest BCUT2D eigenvalue weighted by atomic mass is 9.76. The number of H-pyrrole nitrogens is 1. The fraction of sp³-hybridized carbons (Fsp3) is 0.500. The molecule has 2 aromatic rings. The highest BCUT2D eigenvalue weighted by Crippen LogP contribution is 2.35. The van der Waals surface area contributed by atoms with Crippen LogP contribution in [0, 0.1) is 17.7 Å². The number of carbonyl (C=O) groups is 1. The van der Waals surface area contributed by atoms with E-state index in [1.165, 1.54) is 38.1 Å². The third-order valence-electron chi connectivity index (χ3n) is 5.03. The SMILES string of the molecule is O=C(C[C@H]1CN2CCC1CC2)c1n[nH]c2ccc(F)cc12. The van der Waals surface area contributed by atoms with Crippen molar-refractivity contribution in [2.45, 2.75) is 19.3 Å². The predicted molar refractivity (Wildman–Crippen MR) is 77.7 cm³/mol. The summed E-state index contributed by atoms with van der Waals surface area (Å²) in [5, 5.41) is 7.53. The summed E-state index contributed by atoms with van der Waals surface area (Å²) in [6.07, 6.45) is 2.93. The van der Waals surface area contributed by atoms with E-state index in [1.54, 1.807) is 6.07 Å². The summed E-state index contributed by atoms with van der Waals surface area (Å²) in [4.78, 5) is 15.0. The fourth-order valence-corrected chi connectivity index (χ4v) is 3.85. The lowest BCUT2D eigenvalue weighted by Gasteiger charge is -2.44. The van der Waals surface area contributed by atoms with Crippen LogP contribution in [0.3, 0.4) is 0 Å². The average Bonchev–Trinajstić information content (AvgIpc) is 2.91. The Morgan fingerprint density at radius 3 is 2.90 bits per heavy atom. The minimum atomic E-state index is -0.333. The van der Waals surface area contributed by atoms with E-state index >= 15 is 0 Å². The van der Waals surface area contributed by atoms with Gasteiger partial charge in [0.25, 0.3) is 0 Å². The normalized spacial score (nSPS) is 28.1. The number of benzene rings is 1. The molecule has 4 nitrogen and oxygen atoms in total. The number of nitrogens with one attached hydrogen (secondary N) is 1. The first-order chi connectivity index (χ1) is 10.2. The van der Waals surface area contributed by atoms with Gasteiger partial charge in [-0.15, -0.1) is 0 Å². The van der Waals surface area contributed by atoms with Crippen LogP contribution >= 0.6 is 0 Å². The molecule has 3 fully saturated rings. The number of nitrogens with zero attached hydrogens (tertiary/aromatic N) is 2. The Bertz CT molecular complexity index is 688. The molecule has 0 saturated carbocycles. The number of aromatic amines is 1. The van der Waals surface area contributed by atoms with E-state index in [9.17, 15) is 9.18 Å². The second-order valence-electron chi connectivity index (χ2n) is 6.29. The monoisotopic (exact) mass is 287 g/mol. The van der Waals surface area contributed by atoms with Crippen LogP contribution in [0.2, 0.25) is 0 Å². The van der Waals surface area contributed by atoms with Gasteiger partial charge in [0.05, 0.1) is 5.52 Å². The van der Waals surface area contributed by atoms with Crippen molar-refractivity contribution in [1.29, 1.82) is 0 Å². The smallest absolute Gasteiger partial charge is 0.184 e. The second kappa shape index (κ2) is 4.91. The molecule has 1 aromatic heterocycles. The van der Waals surface area contributed by atoms with E-state index in [0.29, 0.717) is 34.9 Å². The van der Waals surface area contributed by atoms with Crippen molar-refractivity contribution in [1.82, 2.24) is 15.1 Å². The molecule has 3 aliphatic heterocycles. The minimum absolute atomic E-state index is 0.0330. The molecule has 0 unspecified atom stereocenters. The van der Waals surface area contributed by atoms with Crippen molar-refractivity contribution < 1.29 is 9.18 Å². The Hall–Kier alpha value is -1.75. The van der Waals surface area contributed by atoms with Gasteiger partial charge in [-0.3, -0.25) is 9.89 Å². The number of hydrogen-bond acceptors (Lipinski definition) is 3. The van der Waals surface area contributed by atoms with Crippen LogP contribution in [0.4, 0.5) is 4.39 Å². The first kappa shape index (κ1) is 13.0. The van der Waals surface area contributed by atoms with E-state index in [-0.39, 0.29) is 11.6 Å². The largest absolute Gasteiger partial charge is 0.303 e. The van der Waals surface area contributed by atoms with Crippen molar-refractivity contribution in [2.24, 2.45) is 11.8 Å². The molecule has 1 N–H and O–H groups in total. The number of Topliss-reactive ketones (excluding diaryl/α,β-unsaturated/α-hetero) is 1. The number of halogens is 1. The Morgan fingerprint density at radius 2 is 2.19 bits per heavy atom. The molecule has 0 spiro atoms. The van der Waals surface area contributed by atoms with E-state index in [2.05, 4.69) is 15.1 Å². The lowest BCUT2D eigenvalue weighted by molar-refractivity contribution is 0.0440. The first-order valence-corrected chi connectivity index (χ1v) is 7.60. The maximum absolute atomic E-state index is 13.4. The zero-order valence-electron chi connectivity index (χ0n) is 11.8.